The van der Waals surface area contributed by atoms with Crippen LogP contribution in [0.4, 0.5) is 5.69 Å². The van der Waals surface area contributed by atoms with E-state index in [1.54, 1.807) is 22.8 Å². The molecule has 0 spiro atoms. The SMILES string of the molecule is CSc1nn2ccccc2c1N(O)N=O. The number of nitrogens with zero attached hydrogens (tertiary/aromatic N) is 4. The van der Waals surface area contributed by atoms with Gasteiger partial charge in [0.05, 0.1) is 10.8 Å². The molecule has 0 bridgehead atoms. The summed E-state index contributed by atoms with van der Waals surface area (Å²) >= 11 is 1.33. The summed E-state index contributed by atoms with van der Waals surface area (Å²) < 4.78 is 1.58. The average Bonchev–Trinajstić information content (AvgIpc) is 2.66. The number of aromatic nitrogens is 2. The molecule has 0 aliphatic rings. The minimum Gasteiger partial charge on any atom is -0.265 e. The summed E-state index contributed by atoms with van der Waals surface area (Å²) in [7, 11) is 0. The summed E-state index contributed by atoms with van der Waals surface area (Å²) in [4.78, 5) is 10.3. The number of hydrogen-bond acceptors (Lipinski definition) is 5. The van der Waals surface area contributed by atoms with Crippen molar-refractivity contribution in [3.63, 3.8) is 0 Å². The number of thioether (sulfide) groups is 1. The zero-order valence-electron chi connectivity index (χ0n) is 7.86. The fourth-order valence-corrected chi connectivity index (χ4v) is 1.88. The van der Waals surface area contributed by atoms with Gasteiger partial charge in [-0.25, -0.2) is 4.52 Å². The van der Waals surface area contributed by atoms with Crippen LogP contribution in [0.15, 0.2) is 34.7 Å². The van der Waals surface area contributed by atoms with E-state index in [1.165, 1.54) is 11.8 Å². The van der Waals surface area contributed by atoms with Gasteiger partial charge >= 0.3 is 0 Å². The largest absolute Gasteiger partial charge is 0.265 e. The zero-order chi connectivity index (χ0) is 10.8. The van der Waals surface area contributed by atoms with Gasteiger partial charge in [0.1, 0.15) is 5.03 Å². The molecule has 1 N–H and O–H groups in total. The molecule has 0 amide bonds. The Bertz CT molecular complexity index is 498. The molecular formula is C8H8N4O2S. The van der Waals surface area contributed by atoms with Crippen molar-refractivity contribution in [1.82, 2.24) is 9.61 Å². The van der Waals surface area contributed by atoms with Crippen molar-refractivity contribution in [3.8, 4) is 0 Å². The molecule has 0 aliphatic carbocycles. The van der Waals surface area contributed by atoms with Gasteiger partial charge in [-0.15, -0.1) is 16.7 Å². The van der Waals surface area contributed by atoms with Gasteiger partial charge in [0.2, 0.25) is 0 Å². The van der Waals surface area contributed by atoms with Crippen LogP contribution >= 0.6 is 11.8 Å². The Labute approximate surface area is 89.4 Å². The van der Waals surface area contributed by atoms with Gasteiger partial charge in [0, 0.05) is 6.20 Å². The van der Waals surface area contributed by atoms with Gasteiger partial charge in [-0.2, -0.15) is 5.10 Å². The molecule has 7 heteroatoms. The lowest BCUT2D eigenvalue weighted by molar-refractivity contribution is 0.257. The standard InChI is InChI=1S/C8H8N4O2S/c1-15-8-7(12(14)10-13)6-4-2-3-5-11(6)9-8/h2-5,14H,1H3. The second kappa shape index (κ2) is 3.87. The third-order valence-electron chi connectivity index (χ3n) is 1.95. The molecule has 0 radical (unpaired) electrons. The number of pyridine rings is 1. The molecular weight excluding hydrogens is 216 g/mol. The normalized spacial score (nSPS) is 10.5. The Kier molecular flexibility index (Phi) is 2.57. The predicted molar refractivity (Wildman–Crippen MR) is 57.0 cm³/mol. The lowest BCUT2D eigenvalue weighted by Crippen LogP contribution is -2.08. The molecule has 0 atom stereocenters. The third-order valence-corrected chi connectivity index (χ3v) is 2.62. The number of nitroso groups, excluding NO2 is 1. The van der Waals surface area contributed by atoms with Crippen LogP contribution in [-0.2, 0) is 0 Å². The highest BCUT2D eigenvalue weighted by Crippen LogP contribution is 2.31. The summed E-state index contributed by atoms with van der Waals surface area (Å²) in [6.45, 7) is 0. The fourth-order valence-electron chi connectivity index (χ4n) is 1.33. The van der Waals surface area contributed by atoms with E-state index in [0.717, 1.165) is 0 Å². The van der Waals surface area contributed by atoms with E-state index in [0.29, 0.717) is 21.4 Å². The van der Waals surface area contributed by atoms with Gasteiger partial charge < -0.3 is 0 Å². The van der Waals surface area contributed by atoms with Gasteiger partial charge in [0.25, 0.3) is 0 Å². The first-order valence-corrected chi connectivity index (χ1v) is 5.34. The second-order valence-corrected chi connectivity index (χ2v) is 3.55. The van der Waals surface area contributed by atoms with Gasteiger partial charge in [0.15, 0.2) is 5.69 Å². The molecule has 0 aromatic carbocycles. The third kappa shape index (κ3) is 1.55. The Balaban J connectivity index is 2.72. The molecule has 0 saturated heterocycles. The highest BCUT2D eigenvalue weighted by atomic mass is 32.2. The van der Waals surface area contributed by atoms with Gasteiger partial charge in [-0.05, 0) is 18.4 Å². The first kappa shape index (κ1) is 9.94. The maximum absolute atomic E-state index is 10.3. The second-order valence-electron chi connectivity index (χ2n) is 2.76. The fraction of sp³-hybridized carbons (Fsp3) is 0.125. The van der Waals surface area contributed by atoms with Crippen molar-refractivity contribution >= 4 is 23.0 Å². The lowest BCUT2D eigenvalue weighted by Gasteiger charge is -2.04. The molecule has 2 rings (SSSR count). The van der Waals surface area contributed by atoms with Crippen molar-refractivity contribution in [2.24, 2.45) is 5.29 Å². The highest BCUT2D eigenvalue weighted by Gasteiger charge is 2.17. The van der Waals surface area contributed by atoms with Crippen LogP contribution in [0.25, 0.3) is 5.52 Å². The van der Waals surface area contributed by atoms with E-state index in [9.17, 15) is 10.1 Å². The summed E-state index contributed by atoms with van der Waals surface area (Å²) in [5.41, 5.74) is 0.932. The first-order chi connectivity index (χ1) is 7.27. The predicted octanol–water partition coefficient (Wildman–Crippen LogP) is 1.93. The molecule has 0 aliphatic heterocycles. The molecule has 0 saturated carbocycles. The van der Waals surface area contributed by atoms with E-state index in [4.69, 9.17) is 0 Å². The molecule has 0 unspecified atom stereocenters. The first-order valence-electron chi connectivity index (χ1n) is 4.11. The minimum absolute atomic E-state index is 0.300. The maximum Gasteiger partial charge on any atom is 0.153 e. The van der Waals surface area contributed by atoms with Crippen LogP contribution in [0.2, 0.25) is 0 Å². The maximum atomic E-state index is 10.3. The van der Waals surface area contributed by atoms with Crippen LogP contribution in [0, 0.1) is 4.91 Å². The van der Waals surface area contributed by atoms with Gasteiger partial charge in [-0.3, -0.25) is 5.21 Å². The quantitative estimate of drug-likeness (QED) is 0.490. The molecule has 6 nitrogen and oxygen atoms in total. The van der Waals surface area contributed by atoms with E-state index in [-0.39, 0.29) is 0 Å². The monoisotopic (exact) mass is 224 g/mol. The van der Waals surface area contributed by atoms with E-state index in [1.807, 2.05) is 12.3 Å². The minimum atomic E-state index is 0.300. The summed E-state index contributed by atoms with van der Waals surface area (Å²) in [5, 5.41) is 16.8. The molecule has 2 aromatic heterocycles. The van der Waals surface area contributed by atoms with Crippen LogP contribution in [0.5, 0.6) is 0 Å². The lowest BCUT2D eigenvalue weighted by atomic mass is 10.4. The highest BCUT2D eigenvalue weighted by molar-refractivity contribution is 7.98. The topological polar surface area (TPSA) is 70.2 Å². The zero-order valence-corrected chi connectivity index (χ0v) is 8.68. The summed E-state index contributed by atoms with van der Waals surface area (Å²) in [6.07, 6.45) is 3.54. The van der Waals surface area contributed by atoms with Gasteiger partial charge in [-0.1, -0.05) is 11.2 Å². The number of rotatable bonds is 3. The number of anilines is 1. The molecule has 2 heterocycles. The van der Waals surface area contributed by atoms with E-state index in [2.05, 4.69) is 10.4 Å². The van der Waals surface area contributed by atoms with Crippen molar-refractivity contribution < 1.29 is 5.21 Å². The van der Waals surface area contributed by atoms with Crippen LogP contribution in [0.1, 0.15) is 0 Å². The molecule has 0 fully saturated rings. The average molecular weight is 224 g/mol. The molecule has 2 aromatic rings. The Morgan fingerprint density at radius 2 is 2.40 bits per heavy atom. The van der Waals surface area contributed by atoms with Crippen molar-refractivity contribution in [2.75, 3.05) is 11.4 Å². The Morgan fingerprint density at radius 3 is 3.07 bits per heavy atom. The van der Waals surface area contributed by atoms with Crippen LogP contribution in [-0.4, -0.2) is 21.1 Å². The van der Waals surface area contributed by atoms with E-state index >= 15 is 0 Å². The van der Waals surface area contributed by atoms with Crippen molar-refractivity contribution in [2.45, 2.75) is 5.03 Å². The molecule has 15 heavy (non-hydrogen) atoms. The van der Waals surface area contributed by atoms with Crippen molar-refractivity contribution in [1.29, 1.82) is 0 Å². The smallest absolute Gasteiger partial charge is 0.153 e. The van der Waals surface area contributed by atoms with Crippen molar-refractivity contribution in [3.05, 3.63) is 29.3 Å². The summed E-state index contributed by atoms with van der Waals surface area (Å²) in [5.74, 6) is 0. The Hall–Kier alpha value is -1.60. The number of fused-ring (bicyclic) bond motifs is 1. The number of hydrogen-bond donors (Lipinski definition) is 1. The Morgan fingerprint density at radius 1 is 1.60 bits per heavy atom. The van der Waals surface area contributed by atoms with Crippen LogP contribution in [0.3, 0.4) is 0 Å². The van der Waals surface area contributed by atoms with Crippen LogP contribution < -0.4 is 5.17 Å². The van der Waals surface area contributed by atoms with E-state index < -0.39 is 0 Å². The molecule has 78 valence electrons. The summed E-state index contributed by atoms with van der Waals surface area (Å²) in [6, 6.07) is 5.35.